The van der Waals surface area contributed by atoms with Crippen LogP contribution in [0, 0.1) is 0 Å². The molecule has 5 rings (SSSR count). The number of aromatic amines is 1. The minimum Gasteiger partial charge on any atom is -0.488 e. The number of carbonyl (C=O) groups is 2. The lowest BCUT2D eigenvalue weighted by atomic mass is 9.97. The third kappa shape index (κ3) is 6.48. The van der Waals surface area contributed by atoms with Crippen LogP contribution in [0.15, 0.2) is 97.1 Å². The van der Waals surface area contributed by atoms with Gasteiger partial charge in [-0.3, -0.25) is 14.7 Å². The Hall–Kier alpha value is -4.88. The molecule has 0 fully saturated rings. The van der Waals surface area contributed by atoms with Crippen LogP contribution < -0.4 is 14.8 Å². The van der Waals surface area contributed by atoms with E-state index < -0.39 is 0 Å². The number of aromatic nitrogens is 2. The number of aldehydes is 1. The molecule has 0 aliphatic rings. The molecule has 0 spiro atoms. The summed E-state index contributed by atoms with van der Waals surface area (Å²) >= 11 is 6.75. The molecule has 1 heterocycles. The number of nitrogens with zero attached hydrogens (tertiary/aromatic N) is 1. The molecule has 0 saturated carbocycles. The van der Waals surface area contributed by atoms with Gasteiger partial charge in [0.15, 0.2) is 0 Å². The molecule has 0 aliphatic heterocycles. The maximum atomic E-state index is 13.0. The van der Waals surface area contributed by atoms with Crippen molar-refractivity contribution in [1.29, 1.82) is 0 Å². The zero-order valence-electron chi connectivity index (χ0n) is 22.4. The first-order valence-corrected chi connectivity index (χ1v) is 13.5. The number of halogens is 1. The van der Waals surface area contributed by atoms with Gasteiger partial charge in [0.25, 0.3) is 5.91 Å². The molecular formula is C33H28ClN3O4. The van der Waals surface area contributed by atoms with Gasteiger partial charge in [-0.2, -0.15) is 5.10 Å². The molecule has 1 aromatic heterocycles. The summed E-state index contributed by atoms with van der Waals surface area (Å²) < 4.78 is 12.4. The third-order valence-corrected chi connectivity index (χ3v) is 6.73. The van der Waals surface area contributed by atoms with Gasteiger partial charge in [0.05, 0.1) is 5.02 Å². The Kier molecular flexibility index (Phi) is 8.76. The fraction of sp³-hybridized carbons (Fsp3) is 0.121. The van der Waals surface area contributed by atoms with E-state index in [1.54, 1.807) is 36.4 Å². The Labute approximate surface area is 243 Å². The van der Waals surface area contributed by atoms with Crippen molar-refractivity contribution in [3.8, 4) is 33.9 Å². The number of hydrogen-bond donors (Lipinski definition) is 2. The van der Waals surface area contributed by atoms with E-state index in [9.17, 15) is 9.59 Å². The summed E-state index contributed by atoms with van der Waals surface area (Å²) in [6.45, 7) is 2.92. The fourth-order valence-corrected chi connectivity index (χ4v) is 4.60. The van der Waals surface area contributed by atoms with Crippen LogP contribution in [0.4, 0.5) is 0 Å². The average Bonchev–Trinajstić information content (AvgIpc) is 3.46. The number of carbonyl (C=O) groups excluding carboxylic acids is 2. The van der Waals surface area contributed by atoms with Crippen molar-refractivity contribution in [1.82, 2.24) is 15.5 Å². The van der Waals surface area contributed by atoms with Crippen LogP contribution in [-0.4, -0.2) is 28.9 Å². The van der Waals surface area contributed by atoms with Gasteiger partial charge < -0.3 is 14.8 Å². The molecule has 4 aromatic carbocycles. The average molecular weight is 566 g/mol. The van der Waals surface area contributed by atoms with Crippen molar-refractivity contribution in [2.45, 2.75) is 20.1 Å². The highest BCUT2D eigenvalue weighted by molar-refractivity contribution is 6.32. The monoisotopic (exact) mass is 565 g/mol. The lowest BCUT2D eigenvalue weighted by Crippen LogP contribution is -2.23. The van der Waals surface area contributed by atoms with Gasteiger partial charge >= 0.3 is 0 Å². The summed E-state index contributed by atoms with van der Waals surface area (Å²) in [5.74, 6) is 0.640. The Morgan fingerprint density at radius 3 is 2.07 bits per heavy atom. The predicted octanol–water partition coefficient (Wildman–Crippen LogP) is 7.12. The predicted molar refractivity (Wildman–Crippen MR) is 159 cm³/mol. The lowest BCUT2D eigenvalue weighted by molar-refractivity contribution is 0.0951. The molecular weight excluding hydrogens is 538 g/mol. The number of H-pyrrole nitrogens is 1. The molecule has 206 valence electrons. The normalized spacial score (nSPS) is 10.7. The van der Waals surface area contributed by atoms with E-state index in [0.29, 0.717) is 64.2 Å². The van der Waals surface area contributed by atoms with Gasteiger partial charge in [0, 0.05) is 29.3 Å². The van der Waals surface area contributed by atoms with Gasteiger partial charge in [-0.25, -0.2) is 0 Å². The molecule has 2 N–H and O–H groups in total. The molecule has 5 aromatic rings. The minimum absolute atomic E-state index is 0.287. The Morgan fingerprint density at radius 1 is 0.878 bits per heavy atom. The van der Waals surface area contributed by atoms with Crippen molar-refractivity contribution in [2.75, 3.05) is 6.54 Å². The number of amides is 1. The number of benzene rings is 4. The van der Waals surface area contributed by atoms with Gasteiger partial charge in [0.1, 0.15) is 42.4 Å². The summed E-state index contributed by atoms with van der Waals surface area (Å²) in [4.78, 5) is 24.3. The molecule has 0 bridgehead atoms. The smallest absolute Gasteiger partial charge is 0.269 e. The van der Waals surface area contributed by atoms with Crippen molar-refractivity contribution in [3.05, 3.63) is 124 Å². The number of nitrogens with one attached hydrogen (secondary N) is 2. The highest BCUT2D eigenvalue weighted by Gasteiger charge is 2.25. The van der Waals surface area contributed by atoms with Crippen LogP contribution in [0.5, 0.6) is 11.5 Å². The van der Waals surface area contributed by atoms with E-state index in [1.807, 2.05) is 67.6 Å². The zero-order valence-corrected chi connectivity index (χ0v) is 23.2. The fourth-order valence-electron chi connectivity index (χ4n) is 4.38. The minimum atomic E-state index is -0.304. The quantitative estimate of drug-likeness (QED) is 0.166. The molecule has 8 heteroatoms. The Balaban J connectivity index is 1.60. The molecule has 0 unspecified atom stereocenters. The van der Waals surface area contributed by atoms with Gasteiger partial charge in [-0.1, -0.05) is 96.5 Å². The van der Waals surface area contributed by atoms with Crippen molar-refractivity contribution in [2.24, 2.45) is 0 Å². The summed E-state index contributed by atoms with van der Waals surface area (Å²) in [6, 6.07) is 30.0. The van der Waals surface area contributed by atoms with E-state index >= 15 is 0 Å². The summed E-state index contributed by atoms with van der Waals surface area (Å²) in [6.07, 6.45) is 0.772. The largest absolute Gasteiger partial charge is 0.488 e. The number of hydrogen-bond acceptors (Lipinski definition) is 5. The van der Waals surface area contributed by atoms with Gasteiger partial charge in [-0.15, -0.1) is 0 Å². The second-order valence-corrected chi connectivity index (χ2v) is 9.66. The van der Waals surface area contributed by atoms with Crippen molar-refractivity contribution < 1.29 is 19.1 Å². The maximum Gasteiger partial charge on any atom is 0.269 e. The molecule has 7 nitrogen and oxygen atoms in total. The van der Waals surface area contributed by atoms with E-state index in [-0.39, 0.29) is 11.6 Å². The molecule has 0 radical (unpaired) electrons. The Bertz CT molecular complexity index is 1640. The highest BCUT2D eigenvalue weighted by Crippen LogP contribution is 2.43. The van der Waals surface area contributed by atoms with Gasteiger partial charge in [-0.05, 0) is 29.7 Å². The van der Waals surface area contributed by atoms with Crippen LogP contribution in [0.25, 0.3) is 22.4 Å². The molecule has 0 saturated heterocycles. The van der Waals surface area contributed by atoms with Crippen LogP contribution in [-0.2, 0) is 13.2 Å². The standard InChI is InChI=1S/C33H28ClN3O4/c1-2-35-33(39)32-30(25-15-13-22(19-38)14-16-25)31(36-37-32)26-17-27(34)29(41-21-24-11-7-4-8-12-24)18-28(26)40-20-23-9-5-3-6-10-23/h3-19H,2,20-21H2,1H3,(H,35,39)(H,36,37). The first-order valence-electron chi connectivity index (χ1n) is 13.2. The van der Waals surface area contributed by atoms with E-state index in [4.69, 9.17) is 21.1 Å². The van der Waals surface area contributed by atoms with E-state index in [1.165, 1.54) is 0 Å². The zero-order chi connectivity index (χ0) is 28.6. The third-order valence-electron chi connectivity index (χ3n) is 6.43. The number of rotatable bonds is 11. The second kappa shape index (κ2) is 13.0. The van der Waals surface area contributed by atoms with Gasteiger partial charge in [0.2, 0.25) is 0 Å². The van der Waals surface area contributed by atoms with Crippen LogP contribution >= 0.6 is 11.6 Å². The first kappa shape index (κ1) is 27.7. The summed E-state index contributed by atoms with van der Waals surface area (Å²) in [5, 5.41) is 10.7. The van der Waals surface area contributed by atoms with Crippen LogP contribution in [0.2, 0.25) is 5.02 Å². The molecule has 0 aliphatic carbocycles. The van der Waals surface area contributed by atoms with E-state index in [0.717, 1.165) is 17.4 Å². The summed E-state index contributed by atoms with van der Waals surface area (Å²) in [7, 11) is 0. The summed E-state index contributed by atoms with van der Waals surface area (Å²) in [5.41, 5.74) is 5.11. The molecule has 0 atom stereocenters. The molecule has 1 amide bonds. The SMILES string of the molecule is CCNC(=O)c1[nH]nc(-c2cc(Cl)c(OCc3ccccc3)cc2OCc2ccccc2)c1-c1ccc(C=O)cc1. The number of ether oxygens (including phenoxy) is 2. The highest BCUT2D eigenvalue weighted by atomic mass is 35.5. The van der Waals surface area contributed by atoms with Crippen molar-refractivity contribution in [3.63, 3.8) is 0 Å². The van der Waals surface area contributed by atoms with Crippen LogP contribution in [0.1, 0.15) is 38.9 Å². The molecule has 41 heavy (non-hydrogen) atoms. The van der Waals surface area contributed by atoms with Crippen LogP contribution in [0.3, 0.4) is 0 Å². The Morgan fingerprint density at radius 2 is 1.49 bits per heavy atom. The first-order chi connectivity index (χ1) is 20.1. The van der Waals surface area contributed by atoms with Crippen molar-refractivity contribution >= 4 is 23.8 Å². The topological polar surface area (TPSA) is 93.3 Å². The maximum absolute atomic E-state index is 13.0. The lowest BCUT2D eigenvalue weighted by Gasteiger charge is -2.16. The second-order valence-electron chi connectivity index (χ2n) is 9.25. The van der Waals surface area contributed by atoms with E-state index in [2.05, 4.69) is 15.5 Å².